The van der Waals surface area contributed by atoms with Gasteiger partial charge in [-0.25, -0.2) is 8.42 Å². The van der Waals surface area contributed by atoms with E-state index < -0.39 is 10.0 Å². The largest absolute Gasteiger partial charge is 0.352 e. The molecule has 2 aromatic rings. The number of likely N-dealkylation sites (tertiary alicyclic amines) is 1. The predicted molar refractivity (Wildman–Crippen MR) is 130 cm³/mol. The van der Waals surface area contributed by atoms with Gasteiger partial charge in [0.1, 0.15) is 6.07 Å². The van der Waals surface area contributed by atoms with Crippen LogP contribution in [0.4, 0.5) is 0 Å². The molecule has 2 saturated heterocycles. The molecule has 2 fully saturated rings. The van der Waals surface area contributed by atoms with Crippen LogP contribution in [0.5, 0.6) is 0 Å². The average Bonchev–Trinajstić information content (AvgIpc) is 2.88. The smallest absolute Gasteiger partial charge is 0.244 e. The molecular formula is C26H32N4O3S. The van der Waals surface area contributed by atoms with Gasteiger partial charge in [0.15, 0.2) is 0 Å². The summed E-state index contributed by atoms with van der Waals surface area (Å²) in [4.78, 5) is 15.2. The number of piperidine rings is 2. The lowest BCUT2D eigenvalue weighted by Crippen LogP contribution is -2.43. The lowest BCUT2D eigenvalue weighted by molar-refractivity contribution is -0.126. The van der Waals surface area contributed by atoms with E-state index in [0.29, 0.717) is 19.4 Å². The SMILES string of the molecule is N#Cc1ccccc1S(=O)(=O)N1CCC(C(=O)NCc2ccc(CN3CCCCC3)cc2)CC1. The predicted octanol–water partition coefficient (Wildman–Crippen LogP) is 3.26. The zero-order valence-corrected chi connectivity index (χ0v) is 20.3. The van der Waals surface area contributed by atoms with E-state index in [2.05, 4.69) is 34.5 Å². The van der Waals surface area contributed by atoms with Gasteiger partial charge in [-0.05, 0) is 62.0 Å². The number of nitrogens with zero attached hydrogens (tertiary/aromatic N) is 3. The summed E-state index contributed by atoms with van der Waals surface area (Å²) in [6.45, 7) is 4.33. The number of benzene rings is 2. The first-order valence-corrected chi connectivity index (χ1v) is 13.5. The summed E-state index contributed by atoms with van der Waals surface area (Å²) in [5.74, 6) is -0.247. The third-order valence-electron chi connectivity index (χ3n) is 6.79. The van der Waals surface area contributed by atoms with Gasteiger partial charge in [0.25, 0.3) is 0 Å². The van der Waals surface area contributed by atoms with Crippen LogP contribution in [0, 0.1) is 17.2 Å². The molecule has 0 radical (unpaired) electrons. The summed E-state index contributed by atoms with van der Waals surface area (Å²) in [5.41, 5.74) is 2.50. The minimum Gasteiger partial charge on any atom is -0.352 e. The lowest BCUT2D eigenvalue weighted by atomic mass is 9.97. The molecule has 2 aliphatic rings. The highest BCUT2D eigenvalue weighted by Crippen LogP contribution is 2.26. The number of rotatable bonds is 7. The number of amides is 1. The van der Waals surface area contributed by atoms with Gasteiger partial charge < -0.3 is 5.32 Å². The van der Waals surface area contributed by atoms with Gasteiger partial charge in [0.2, 0.25) is 15.9 Å². The molecule has 0 spiro atoms. The molecule has 2 aromatic carbocycles. The lowest BCUT2D eigenvalue weighted by Gasteiger charge is -2.30. The monoisotopic (exact) mass is 480 g/mol. The fourth-order valence-electron chi connectivity index (χ4n) is 4.75. The summed E-state index contributed by atoms with van der Waals surface area (Å²) in [6, 6.07) is 16.6. The number of hydrogen-bond donors (Lipinski definition) is 1. The fourth-order valence-corrected chi connectivity index (χ4v) is 6.36. The van der Waals surface area contributed by atoms with E-state index in [1.165, 1.54) is 54.4 Å². The van der Waals surface area contributed by atoms with E-state index in [1.807, 2.05) is 6.07 Å². The van der Waals surface area contributed by atoms with Gasteiger partial charge >= 0.3 is 0 Å². The van der Waals surface area contributed by atoms with Crippen LogP contribution in [0.3, 0.4) is 0 Å². The van der Waals surface area contributed by atoms with Gasteiger partial charge in [-0.1, -0.05) is 42.8 Å². The molecule has 2 heterocycles. The number of nitrogens with one attached hydrogen (secondary N) is 1. The van der Waals surface area contributed by atoms with Crippen LogP contribution >= 0.6 is 0 Å². The second kappa shape index (κ2) is 11.1. The molecule has 0 aromatic heterocycles. The molecular weight excluding hydrogens is 448 g/mol. The normalized spacial score (nSPS) is 18.3. The van der Waals surface area contributed by atoms with Crippen LogP contribution in [-0.2, 0) is 27.9 Å². The summed E-state index contributed by atoms with van der Waals surface area (Å²) in [6.07, 6.45) is 4.83. The number of sulfonamides is 1. The van der Waals surface area contributed by atoms with Gasteiger partial charge in [-0.3, -0.25) is 9.69 Å². The Morgan fingerprint density at radius 3 is 2.26 bits per heavy atom. The first kappa shape index (κ1) is 24.4. The molecule has 0 saturated carbocycles. The fraction of sp³-hybridized carbons (Fsp3) is 0.462. The summed E-state index contributed by atoms with van der Waals surface area (Å²) >= 11 is 0. The van der Waals surface area contributed by atoms with Crippen LogP contribution in [-0.4, -0.2) is 49.7 Å². The highest BCUT2D eigenvalue weighted by Gasteiger charge is 2.33. The minimum atomic E-state index is -3.75. The molecule has 34 heavy (non-hydrogen) atoms. The third kappa shape index (κ3) is 5.84. The van der Waals surface area contributed by atoms with Gasteiger partial charge in [-0.2, -0.15) is 9.57 Å². The average molecular weight is 481 g/mol. The Morgan fingerprint density at radius 2 is 1.59 bits per heavy atom. The molecule has 8 heteroatoms. The Bertz CT molecular complexity index is 1130. The standard InChI is InChI=1S/C26H32N4O3S/c27-18-24-6-2-3-7-25(24)34(32,33)30-16-12-23(13-17-30)26(31)28-19-21-8-10-22(11-9-21)20-29-14-4-1-5-15-29/h2-3,6-11,23H,1,4-5,12-17,19-20H2,(H,28,31). The molecule has 0 aliphatic carbocycles. The van der Waals surface area contributed by atoms with Crippen molar-refractivity contribution >= 4 is 15.9 Å². The molecule has 1 N–H and O–H groups in total. The Balaban J connectivity index is 1.26. The highest BCUT2D eigenvalue weighted by atomic mass is 32.2. The Morgan fingerprint density at radius 1 is 0.941 bits per heavy atom. The third-order valence-corrected chi connectivity index (χ3v) is 8.75. The van der Waals surface area contributed by atoms with Crippen LogP contribution in [0.2, 0.25) is 0 Å². The molecule has 7 nitrogen and oxygen atoms in total. The highest BCUT2D eigenvalue weighted by molar-refractivity contribution is 7.89. The van der Waals surface area contributed by atoms with E-state index >= 15 is 0 Å². The second-order valence-corrected chi connectivity index (χ2v) is 11.1. The van der Waals surface area contributed by atoms with Crippen LogP contribution in [0.25, 0.3) is 0 Å². The first-order chi connectivity index (χ1) is 16.5. The Hall–Kier alpha value is -2.73. The van der Waals surface area contributed by atoms with Crippen molar-refractivity contribution < 1.29 is 13.2 Å². The first-order valence-electron chi connectivity index (χ1n) is 12.0. The number of carbonyl (C=O) groups excluding carboxylic acids is 1. The Labute approximate surface area is 202 Å². The van der Waals surface area contributed by atoms with Gasteiger partial charge in [-0.15, -0.1) is 0 Å². The van der Waals surface area contributed by atoms with E-state index in [-0.39, 0.29) is 35.4 Å². The summed E-state index contributed by atoms with van der Waals surface area (Å²) in [7, 11) is -3.75. The van der Waals surface area contributed by atoms with Crippen LogP contribution < -0.4 is 5.32 Å². The van der Waals surface area contributed by atoms with Gasteiger partial charge in [0.05, 0.1) is 10.5 Å². The number of nitriles is 1. The van der Waals surface area contributed by atoms with E-state index in [1.54, 1.807) is 12.1 Å². The molecule has 4 rings (SSSR count). The molecule has 180 valence electrons. The molecule has 0 atom stereocenters. The topological polar surface area (TPSA) is 93.5 Å². The maximum Gasteiger partial charge on any atom is 0.244 e. The minimum absolute atomic E-state index is 0.0316. The zero-order chi connectivity index (χ0) is 24.0. The summed E-state index contributed by atoms with van der Waals surface area (Å²) < 4.78 is 27.3. The van der Waals surface area contributed by atoms with E-state index in [0.717, 1.165) is 12.1 Å². The van der Waals surface area contributed by atoms with Gasteiger partial charge in [0, 0.05) is 32.1 Å². The van der Waals surface area contributed by atoms with Crippen molar-refractivity contribution in [2.75, 3.05) is 26.2 Å². The zero-order valence-electron chi connectivity index (χ0n) is 19.4. The Kier molecular flexibility index (Phi) is 7.99. The van der Waals surface area contributed by atoms with Crippen molar-refractivity contribution in [3.63, 3.8) is 0 Å². The summed E-state index contributed by atoms with van der Waals surface area (Å²) in [5, 5.41) is 12.3. The van der Waals surface area contributed by atoms with Crippen LogP contribution in [0.1, 0.15) is 48.8 Å². The maximum absolute atomic E-state index is 13.0. The number of carbonyl (C=O) groups is 1. The van der Waals surface area contributed by atoms with Crippen molar-refractivity contribution in [2.45, 2.75) is 50.1 Å². The molecule has 0 unspecified atom stereocenters. The van der Waals surface area contributed by atoms with Crippen molar-refractivity contribution in [2.24, 2.45) is 5.92 Å². The number of hydrogen-bond acceptors (Lipinski definition) is 5. The molecule has 1 amide bonds. The van der Waals surface area contributed by atoms with E-state index in [4.69, 9.17) is 0 Å². The van der Waals surface area contributed by atoms with Crippen LogP contribution in [0.15, 0.2) is 53.4 Å². The molecule has 0 bridgehead atoms. The maximum atomic E-state index is 13.0. The van der Waals surface area contributed by atoms with Crippen molar-refractivity contribution in [3.05, 3.63) is 65.2 Å². The molecule has 2 aliphatic heterocycles. The quantitative estimate of drug-likeness (QED) is 0.657. The van der Waals surface area contributed by atoms with E-state index in [9.17, 15) is 18.5 Å². The van der Waals surface area contributed by atoms with Crippen molar-refractivity contribution in [1.82, 2.24) is 14.5 Å². The van der Waals surface area contributed by atoms with Crippen molar-refractivity contribution in [1.29, 1.82) is 5.26 Å². The second-order valence-electron chi connectivity index (χ2n) is 9.16. The van der Waals surface area contributed by atoms with Crippen molar-refractivity contribution in [3.8, 4) is 6.07 Å².